The van der Waals surface area contributed by atoms with Crippen LogP contribution >= 0.6 is 0 Å². The van der Waals surface area contributed by atoms with E-state index in [9.17, 15) is 0 Å². The maximum atomic E-state index is 4.50. The van der Waals surface area contributed by atoms with Gasteiger partial charge in [-0.25, -0.2) is 0 Å². The van der Waals surface area contributed by atoms with Crippen LogP contribution in [-0.2, 0) is 0 Å². The molecule has 1 saturated heterocycles. The average molecular weight is 146 g/mol. The summed E-state index contributed by atoms with van der Waals surface area (Å²) >= 11 is 0. The molecule has 0 amide bonds. The molecule has 0 aromatic heterocycles. The zero-order valence-electron chi connectivity index (χ0n) is 7.85. The number of nitrogens with zero attached hydrogens (tertiary/aromatic N) is 1. The first-order valence-electron chi connectivity index (χ1n) is 4.16. The van der Waals surface area contributed by atoms with Gasteiger partial charge in [0, 0.05) is 0 Å². The van der Waals surface area contributed by atoms with Crippen molar-refractivity contribution in [1.29, 1.82) is 0 Å². The molecule has 10 heavy (non-hydrogen) atoms. The number of rotatable bonds is 0. The Labute approximate surface area is 65.4 Å². The lowest BCUT2D eigenvalue weighted by molar-refractivity contribution is 0.418. The largest absolute Gasteiger partial charge is 0.333 e. The summed E-state index contributed by atoms with van der Waals surface area (Å²) < 4.78 is 0. The second kappa shape index (κ2) is 11.7. The topological polar surface area (TPSA) is 29.3 Å². The first-order chi connectivity index (χ1) is 4.89. The van der Waals surface area contributed by atoms with Gasteiger partial charge in [-0.3, -0.25) is 0 Å². The van der Waals surface area contributed by atoms with E-state index in [1.54, 1.807) is 0 Å². The van der Waals surface area contributed by atoms with Gasteiger partial charge in [-0.05, 0) is 40.0 Å². The minimum atomic E-state index is 1.32. The Kier molecular flexibility index (Phi) is 14.7. The maximum Gasteiger partial charge on any atom is -0.00213 e. The van der Waals surface area contributed by atoms with Crippen LogP contribution in [0.1, 0.15) is 26.7 Å². The molecule has 1 aliphatic heterocycles. The molecule has 2 heteroatoms. The predicted molar refractivity (Wildman–Crippen MR) is 48.2 cm³/mol. The fourth-order valence-electron chi connectivity index (χ4n) is 0.875. The highest BCUT2D eigenvalue weighted by molar-refractivity contribution is 4.59. The minimum absolute atomic E-state index is 1.32. The Morgan fingerprint density at radius 3 is 1.40 bits per heavy atom. The molecule has 0 bridgehead atoms. The van der Waals surface area contributed by atoms with Crippen molar-refractivity contribution in [3.05, 3.63) is 0 Å². The summed E-state index contributed by atoms with van der Waals surface area (Å²) in [5.74, 6) is 0. The van der Waals surface area contributed by atoms with Crippen molar-refractivity contribution in [2.24, 2.45) is 5.73 Å². The normalized spacial score (nSPS) is 16.5. The summed E-state index contributed by atoms with van der Waals surface area (Å²) in [6.07, 6.45) is 2.83. The van der Waals surface area contributed by atoms with Gasteiger partial charge in [0.1, 0.15) is 0 Å². The predicted octanol–water partition coefficient (Wildman–Crippen LogP) is 1.31. The first-order valence-corrected chi connectivity index (χ1v) is 4.16. The minimum Gasteiger partial charge on any atom is -0.333 e. The van der Waals surface area contributed by atoms with Gasteiger partial charge in [-0.2, -0.15) is 0 Å². The summed E-state index contributed by atoms with van der Waals surface area (Å²) in [4.78, 5) is 2.36. The molecule has 1 rings (SSSR count). The summed E-state index contributed by atoms with van der Waals surface area (Å²) in [7, 11) is 3.67. The third-order valence-electron chi connectivity index (χ3n) is 1.33. The number of hydrogen-bond acceptors (Lipinski definition) is 2. The van der Waals surface area contributed by atoms with Crippen molar-refractivity contribution < 1.29 is 0 Å². The zero-order chi connectivity index (χ0) is 8.41. The van der Waals surface area contributed by atoms with Crippen LogP contribution in [0.5, 0.6) is 0 Å². The Hall–Kier alpha value is -0.0800. The van der Waals surface area contributed by atoms with Gasteiger partial charge in [-0.15, -0.1) is 0 Å². The van der Waals surface area contributed by atoms with Gasteiger partial charge in [0.15, 0.2) is 0 Å². The van der Waals surface area contributed by atoms with E-state index in [1.807, 2.05) is 13.8 Å². The van der Waals surface area contributed by atoms with Crippen LogP contribution in [0.2, 0.25) is 0 Å². The number of hydrogen-bond donors (Lipinski definition) is 1. The van der Waals surface area contributed by atoms with E-state index in [2.05, 4.69) is 17.7 Å². The molecule has 0 aromatic carbocycles. The highest BCUT2D eigenvalue weighted by Crippen LogP contribution is 2.01. The zero-order valence-corrected chi connectivity index (χ0v) is 7.85. The number of nitrogens with two attached hydrogens (primary N) is 1. The molecule has 0 radical (unpaired) electrons. The Bertz CT molecular complexity index is 40.5. The van der Waals surface area contributed by atoms with Crippen molar-refractivity contribution in [2.75, 3.05) is 27.2 Å². The molecule has 0 atom stereocenters. The van der Waals surface area contributed by atoms with Crippen molar-refractivity contribution >= 4 is 0 Å². The van der Waals surface area contributed by atoms with E-state index in [0.29, 0.717) is 0 Å². The molecule has 0 aliphatic carbocycles. The van der Waals surface area contributed by atoms with Crippen molar-refractivity contribution in [3.63, 3.8) is 0 Å². The number of likely N-dealkylation sites (tertiary alicyclic amines) is 1. The van der Waals surface area contributed by atoms with Crippen LogP contribution < -0.4 is 5.73 Å². The summed E-state index contributed by atoms with van der Waals surface area (Å²) in [5, 5.41) is 0. The monoisotopic (exact) mass is 146 g/mol. The van der Waals surface area contributed by atoms with E-state index in [-0.39, 0.29) is 0 Å². The molecule has 0 spiro atoms. The maximum absolute atomic E-state index is 4.50. The van der Waals surface area contributed by atoms with Crippen LogP contribution in [0.4, 0.5) is 0 Å². The highest BCUT2D eigenvalue weighted by Gasteiger charge is 2.03. The lowest BCUT2D eigenvalue weighted by atomic mass is 10.4. The second-order valence-corrected chi connectivity index (χ2v) is 2.01. The fraction of sp³-hybridized carbons (Fsp3) is 1.00. The molecule has 1 aliphatic rings. The van der Waals surface area contributed by atoms with E-state index in [0.717, 1.165) is 0 Å². The van der Waals surface area contributed by atoms with Crippen LogP contribution in [0.25, 0.3) is 0 Å². The van der Waals surface area contributed by atoms with E-state index in [1.165, 1.54) is 33.0 Å². The standard InChI is InChI=1S/C5H11N.C2H6.CH5N/c1-6-4-2-3-5-6;2*1-2/h2-5H2,1H3;1-2H3;2H2,1H3. The van der Waals surface area contributed by atoms with Crippen molar-refractivity contribution in [2.45, 2.75) is 26.7 Å². The fourth-order valence-corrected chi connectivity index (χ4v) is 0.875. The smallest absolute Gasteiger partial charge is 0.00213 e. The van der Waals surface area contributed by atoms with Crippen molar-refractivity contribution in [3.8, 4) is 0 Å². The molecule has 1 fully saturated rings. The first kappa shape index (κ1) is 12.6. The van der Waals surface area contributed by atoms with Crippen molar-refractivity contribution in [1.82, 2.24) is 4.90 Å². The molecule has 64 valence electrons. The lowest BCUT2D eigenvalue weighted by Gasteiger charge is -2.01. The van der Waals surface area contributed by atoms with E-state index < -0.39 is 0 Å². The van der Waals surface area contributed by atoms with E-state index >= 15 is 0 Å². The molecule has 0 saturated carbocycles. The van der Waals surface area contributed by atoms with Crippen LogP contribution in [0.15, 0.2) is 0 Å². The molecule has 2 nitrogen and oxygen atoms in total. The van der Waals surface area contributed by atoms with Gasteiger partial charge >= 0.3 is 0 Å². The van der Waals surface area contributed by atoms with Gasteiger partial charge in [0.25, 0.3) is 0 Å². The van der Waals surface area contributed by atoms with Gasteiger partial charge < -0.3 is 10.6 Å². The van der Waals surface area contributed by atoms with Crippen LogP contribution in [-0.4, -0.2) is 32.1 Å². The Morgan fingerprint density at radius 2 is 1.30 bits per heavy atom. The average Bonchev–Trinajstić information content (AvgIpc) is 2.48. The molecule has 1 heterocycles. The van der Waals surface area contributed by atoms with Crippen LogP contribution in [0.3, 0.4) is 0 Å². The van der Waals surface area contributed by atoms with Gasteiger partial charge in [-0.1, -0.05) is 13.8 Å². The van der Waals surface area contributed by atoms with E-state index in [4.69, 9.17) is 0 Å². The quantitative estimate of drug-likeness (QED) is 0.558. The third kappa shape index (κ3) is 7.92. The van der Waals surface area contributed by atoms with Crippen LogP contribution in [0, 0.1) is 0 Å². The summed E-state index contributed by atoms with van der Waals surface area (Å²) in [6.45, 7) is 6.64. The van der Waals surface area contributed by atoms with Gasteiger partial charge in [0.2, 0.25) is 0 Å². The molecular weight excluding hydrogens is 124 g/mol. The third-order valence-corrected chi connectivity index (χ3v) is 1.33. The highest BCUT2D eigenvalue weighted by atomic mass is 15.1. The SMILES string of the molecule is CC.CN.CN1CCCC1. The molecular formula is C8H22N2. The Balaban J connectivity index is 0. The molecule has 0 aromatic rings. The molecule has 2 N–H and O–H groups in total. The molecule has 0 unspecified atom stereocenters. The van der Waals surface area contributed by atoms with Gasteiger partial charge in [0.05, 0.1) is 0 Å². The summed E-state index contributed by atoms with van der Waals surface area (Å²) in [5.41, 5.74) is 4.50. The second-order valence-electron chi connectivity index (χ2n) is 2.01. The summed E-state index contributed by atoms with van der Waals surface area (Å²) in [6, 6.07) is 0. The lowest BCUT2D eigenvalue weighted by Crippen LogP contribution is -2.10. The Morgan fingerprint density at radius 1 is 1.00 bits per heavy atom.